The van der Waals surface area contributed by atoms with Crippen molar-refractivity contribution in [3.05, 3.63) is 12.2 Å². The number of ether oxygens (including phenoxy) is 5. The van der Waals surface area contributed by atoms with Crippen LogP contribution in [0.3, 0.4) is 0 Å². The largest absolute Gasteiger partial charge is 0.468 e. The molecule has 2 rings (SSSR count). The fourth-order valence-corrected chi connectivity index (χ4v) is 2.68. The fourth-order valence-electron chi connectivity index (χ4n) is 2.68. The van der Waals surface area contributed by atoms with Gasteiger partial charge >= 0.3 is 5.97 Å². The Balaban J connectivity index is 2.38. The van der Waals surface area contributed by atoms with E-state index < -0.39 is 41.8 Å². The molecule has 0 spiro atoms. The van der Waals surface area contributed by atoms with Crippen molar-refractivity contribution < 1.29 is 33.6 Å². The minimum atomic E-state index is -1.24. The monoisotopic (exact) mass is 302 g/mol. The molecule has 0 bridgehead atoms. The predicted octanol–water partition coefficient (Wildman–Crippen LogP) is 0.215. The summed E-state index contributed by atoms with van der Waals surface area (Å²) in [5.74, 6) is -3.61. The third-order valence-electron chi connectivity index (χ3n) is 4.33. The first-order chi connectivity index (χ1) is 9.81. The summed E-state index contributed by atoms with van der Waals surface area (Å²) in [6.45, 7) is 3.32. The van der Waals surface area contributed by atoms with Gasteiger partial charge in [-0.2, -0.15) is 0 Å². The molecule has 0 aromatic carbocycles. The highest BCUT2D eigenvalue weighted by Gasteiger charge is 2.60. The maximum atomic E-state index is 11.9. The number of fused-ring (bicyclic) bond motifs is 1. The summed E-state index contributed by atoms with van der Waals surface area (Å²) in [5.41, 5.74) is 0. The van der Waals surface area contributed by atoms with Crippen LogP contribution in [0.4, 0.5) is 0 Å². The molecular weight excluding hydrogens is 280 g/mol. The molecule has 0 aromatic heterocycles. The van der Waals surface area contributed by atoms with E-state index in [1.54, 1.807) is 19.9 Å². The minimum absolute atomic E-state index is 0.462. The third-order valence-corrected chi connectivity index (χ3v) is 4.33. The van der Waals surface area contributed by atoms with Gasteiger partial charge in [0.15, 0.2) is 0 Å². The second-order valence-corrected chi connectivity index (χ2v) is 5.39. The standard InChI is InChI=1S/C14H22O7/c1-13(18-4)14(2,19-5)21-11-9(15)7-6-8(10(11)20-13)12(16)17-3/h6-11,15H,1-5H3/t8?,9-,10-,11-,13-,14-/m1/s1. The van der Waals surface area contributed by atoms with Crippen LogP contribution < -0.4 is 0 Å². The molecule has 21 heavy (non-hydrogen) atoms. The van der Waals surface area contributed by atoms with Crippen molar-refractivity contribution in [2.75, 3.05) is 21.3 Å². The average Bonchev–Trinajstić information content (AvgIpc) is 2.49. The molecule has 0 aromatic rings. The number of rotatable bonds is 3. The van der Waals surface area contributed by atoms with Crippen LogP contribution in [-0.4, -0.2) is 62.3 Å². The number of esters is 1. The first-order valence-corrected chi connectivity index (χ1v) is 6.72. The molecule has 2 aliphatic rings. The number of aliphatic hydroxyl groups is 1. The Bertz CT molecular complexity index is 437. The summed E-state index contributed by atoms with van der Waals surface area (Å²) in [4.78, 5) is 11.9. The van der Waals surface area contributed by atoms with Gasteiger partial charge in [0, 0.05) is 14.2 Å². The van der Waals surface area contributed by atoms with Crippen molar-refractivity contribution >= 4 is 5.97 Å². The molecular formula is C14H22O7. The van der Waals surface area contributed by atoms with Crippen LogP contribution in [0.15, 0.2) is 12.2 Å². The Morgan fingerprint density at radius 1 is 1.05 bits per heavy atom. The van der Waals surface area contributed by atoms with Crippen molar-refractivity contribution in [2.45, 2.75) is 43.7 Å². The van der Waals surface area contributed by atoms with Gasteiger partial charge in [-0.1, -0.05) is 12.2 Å². The van der Waals surface area contributed by atoms with Crippen LogP contribution in [0.25, 0.3) is 0 Å². The summed E-state index contributed by atoms with van der Waals surface area (Å²) in [5, 5.41) is 10.1. The second-order valence-electron chi connectivity index (χ2n) is 5.39. The SMILES string of the molecule is COC(=O)C1C=C[C@@H](O)[C@H]2O[C@@](C)(OC)[C@](C)(OC)O[C@H]12. The summed E-state index contributed by atoms with van der Waals surface area (Å²) < 4.78 is 27.4. The summed E-state index contributed by atoms with van der Waals surface area (Å²) in [6, 6.07) is 0. The molecule has 1 aliphatic heterocycles. The van der Waals surface area contributed by atoms with Crippen LogP contribution in [0.5, 0.6) is 0 Å². The quantitative estimate of drug-likeness (QED) is 0.589. The van der Waals surface area contributed by atoms with Crippen molar-refractivity contribution in [2.24, 2.45) is 5.92 Å². The van der Waals surface area contributed by atoms with Crippen LogP contribution in [0.1, 0.15) is 13.8 Å². The smallest absolute Gasteiger partial charge is 0.315 e. The number of carbonyl (C=O) groups excluding carboxylic acids is 1. The normalized spacial score (nSPS) is 46.0. The highest BCUT2D eigenvalue weighted by atomic mass is 16.8. The number of hydrogen-bond donors (Lipinski definition) is 1. The molecule has 1 heterocycles. The van der Waals surface area contributed by atoms with Crippen molar-refractivity contribution in [3.63, 3.8) is 0 Å². The van der Waals surface area contributed by atoms with Crippen molar-refractivity contribution in [3.8, 4) is 0 Å². The molecule has 1 aliphatic carbocycles. The van der Waals surface area contributed by atoms with Gasteiger partial charge in [-0.3, -0.25) is 4.79 Å². The van der Waals surface area contributed by atoms with E-state index in [1.165, 1.54) is 27.4 Å². The van der Waals surface area contributed by atoms with Crippen LogP contribution in [0, 0.1) is 5.92 Å². The molecule has 1 fully saturated rings. The first kappa shape index (κ1) is 16.4. The molecule has 7 heteroatoms. The van der Waals surface area contributed by atoms with Crippen molar-refractivity contribution in [1.82, 2.24) is 0 Å². The van der Waals surface area contributed by atoms with E-state index in [-0.39, 0.29) is 0 Å². The van der Waals surface area contributed by atoms with E-state index in [4.69, 9.17) is 23.7 Å². The molecule has 6 atom stereocenters. The molecule has 0 radical (unpaired) electrons. The molecule has 1 N–H and O–H groups in total. The van der Waals surface area contributed by atoms with E-state index in [9.17, 15) is 9.90 Å². The lowest BCUT2D eigenvalue weighted by Gasteiger charge is -2.54. The third kappa shape index (κ3) is 2.49. The summed E-state index contributed by atoms with van der Waals surface area (Å²) in [7, 11) is 4.22. The van der Waals surface area contributed by atoms with Gasteiger partial charge in [-0.05, 0) is 13.8 Å². The molecule has 1 unspecified atom stereocenters. The second kappa shape index (κ2) is 5.66. The van der Waals surface area contributed by atoms with Crippen LogP contribution in [-0.2, 0) is 28.5 Å². The van der Waals surface area contributed by atoms with Crippen LogP contribution >= 0.6 is 0 Å². The molecule has 0 saturated carbocycles. The van der Waals surface area contributed by atoms with Crippen molar-refractivity contribution in [1.29, 1.82) is 0 Å². The summed E-state index contributed by atoms with van der Waals surface area (Å²) >= 11 is 0. The molecule has 120 valence electrons. The zero-order chi connectivity index (χ0) is 15.8. The zero-order valence-corrected chi connectivity index (χ0v) is 12.9. The number of aliphatic hydroxyl groups excluding tert-OH is 1. The molecule has 7 nitrogen and oxygen atoms in total. The van der Waals surface area contributed by atoms with Gasteiger partial charge in [-0.25, -0.2) is 0 Å². The van der Waals surface area contributed by atoms with Gasteiger partial charge in [-0.15, -0.1) is 0 Å². The Labute approximate surface area is 123 Å². The Kier molecular flexibility index (Phi) is 4.41. The Hall–Kier alpha value is -0.990. The molecule has 0 amide bonds. The first-order valence-electron chi connectivity index (χ1n) is 6.72. The maximum Gasteiger partial charge on any atom is 0.315 e. The Morgan fingerprint density at radius 2 is 1.57 bits per heavy atom. The number of methoxy groups -OCH3 is 3. The van der Waals surface area contributed by atoms with E-state index >= 15 is 0 Å². The van der Waals surface area contributed by atoms with Gasteiger partial charge in [0.2, 0.25) is 11.6 Å². The highest BCUT2D eigenvalue weighted by Crippen LogP contribution is 2.43. The zero-order valence-electron chi connectivity index (χ0n) is 12.9. The predicted molar refractivity (Wildman–Crippen MR) is 71.2 cm³/mol. The molecule has 1 saturated heterocycles. The lowest BCUT2D eigenvalue weighted by Crippen LogP contribution is -2.69. The van der Waals surface area contributed by atoms with E-state index in [1.807, 2.05) is 0 Å². The highest BCUT2D eigenvalue weighted by molar-refractivity contribution is 5.75. The van der Waals surface area contributed by atoms with E-state index in [2.05, 4.69) is 0 Å². The van der Waals surface area contributed by atoms with E-state index in [0.29, 0.717) is 0 Å². The van der Waals surface area contributed by atoms with Crippen LogP contribution in [0.2, 0.25) is 0 Å². The van der Waals surface area contributed by atoms with Gasteiger partial charge < -0.3 is 28.8 Å². The number of hydrogen-bond acceptors (Lipinski definition) is 7. The van der Waals surface area contributed by atoms with Gasteiger partial charge in [0.05, 0.1) is 7.11 Å². The maximum absolute atomic E-state index is 11.9. The summed E-state index contributed by atoms with van der Waals surface area (Å²) in [6.07, 6.45) is 0.661. The van der Waals surface area contributed by atoms with Gasteiger partial charge in [0.25, 0.3) is 0 Å². The topological polar surface area (TPSA) is 83.5 Å². The van der Waals surface area contributed by atoms with E-state index in [0.717, 1.165) is 0 Å². The minimum Gasteiger partial charge on any atom is -0.468 e. The number of carbonyl (C=O) groups is 1. The lowest BCUT2D eigenvalue weighted by atomic mass is 9.86. The fraction of sp³-hybridized carbons (Fsp3) is 0.786. The van der Waals surface area contributed by atoms with Gasteiger partial charge in [0.1, 0.15) is 24.2 Å². The lowest BCUT2D eigenvalue weighted by molar-refractivity contribution is -0.455. The Morgan fingerprint density at radius 3 is 2.05 bits per heavy atom. The average molecular weight is 302 g/mol.